The zero-order valence-electron chi connectivity index (χ0n) is 21.8. The summed E-state index contributed by atoms with van der Waals surface area (Å²) < 4.78 is 61.1. The number of halogens is 4. The Morgan fingerprint density at radius 3 is 2.31 bits per heavy atom. The predicted molar refractivity (Wildman–Crippen MR) is 130 cm³/mol. The number of piperidine rings is 1. The predicted octanol–water partition coefficient (Wildman–Crippen LogP) is 6.21. The van der Waals surface area contributed by atoms with Gasteiger partial charge >= 0.3 is 12.3 Å². The molecule has 1 aromatic carbocycles. The SMILES string of the molecule is CC(C)(C)NCCn1cc(-c2ccc(F)c(C(F)(F)F)c2)nc1C1CCN(C(=O)OC(C)(C)C)CC1. The third-order valence-corrected chi connectivity index (χ3v) is 5.89. The van der Waals surface area contributed by atoms with Crippen LogP contribution in [0.4, 0.5) is 22.4 Å². The van der Waals surface area contributed by atoms with Gasteiger partial charge in [-0.05, 0) is 72.6 Å². The number of benzene rings is 1. The second-order valence-corrected chi connectivity index (χ2v) is 11.3. The van der Waals surface area contributed by atoms with Gasteiger partial charge in [0.25, 0.3) is 0 Å². The molecule has 0 atom stereocenters. The number of amides is 1. The van der Waals surface area contributed by atoms with Crippen LogP contribution in [0.25, 0.3) is 11.3 Å². The van der Waals surface area contributed by atoms with Gasteiger partial charge in [-0.1, -0.05) is 0 Å². The minimum atomic E-state index is -4.80. The lowest BCUT2D eigenvalue weighted by Gasteiger charge is -2.33. The van der Waals surface area contributed by atoms with E-state index in [1.165, 1.54) is 6.07 Å². The molecule has 0 radical (unpaired) electrons. The fourth-order valence-corrected chi connectivity index (χ4v) is 4.17. The number of carbonyl (C=O) groups is 1. The van der Waals surface area contributed by atoms with Crippen LogP contribution in [0.1, 0.15) is 71.7 Å². The van der Waals surface area contributed by atoms with E-state index in [1.54, 1.807) is 11.1 Å². The molecule has 1 fully saturated rings. The second-order valence-electron chi connectivity index (χ2n) is 11.3. The number of imidazole rings is 1. The van der Waals surface area contributed by atoms with E-state index in [1.807, 2.05) is 25.3 Å². The number of nitrogens with zero attached hydrogens (tertiary/aromatic N) is 3. The molecule has 0 unspecified atom stereocenters. The van der Waals surface area contributed by atoms with E-state index >= 15 is 0 Å². The highest BCUT2D eigenvalue weighted by atomic mass is 19.4. The summed E-state index contributed by atoms with van der Waals surface area (Å²) in [6, 6.07) is 2.96. The van der Waals surface area contributed by atoms with E-state index in [2.05, 4.69) is 26.1 Å². The van der Waals surface area contributed by atoms with Gasteiger partial charge in [-0.25, -0.2) is 14.2 Å². The molecular formula is C26H36F4N4O2. The number of likely N-dealkylation sites (tertiary alicyclic amines) is 1. The Kier molecular flexibility index (Phi) is 8.07. The minimum Gasteiger partial charge on any atom is -0.444 e. The zero-order valence-corrected chi connectivity index (χ0v) is 21.8. The molecule has 0 bridgehead atoms. The highest BCUT2D eigenvalue weighted by molar-refractivity contribution is 5.68. The topological polar surface area (TPSA) is 59.4 Å². The van der Waals surface area contributed by atoms with E-state index < -0.39 is 23.2 Å². The van der Waals surface area contributed by atoms with Crippen molar-refractivity contribution in [2.45, 2.75) is 84.2 Å². The highest BCUT2D eigenvalue weighted by Gasteiger charge is 2.35. The molecule has 1 aliphatic rings. The maximum Gasteiger partial charge on any atom is 0.419 e. The van der Waals surface area contributed by atoms with E-state index in [0.717, 1.165) is 18.0 Å². The first kappa shape index (κ1) is 28.0. The molecule has 1 aliphatic heterocycles. The Labute approximate surface area is 210 Å². The monoisotopic (exact) mass is 512 g/mol. The van der Waals surface area contributed by atoms with Crippen LogP contribution in [0.15, 0.2) is 24.4 Å². The maximum atomic E-state index is 13.8. The van der Waals surface area contributed by atoms with Crippen molar-refractivity contribution >= 4 is 6.09 Å². The third-order valence-electron chi connectivity index (χ3n) is 5.89. The molecule has 3 rings (SSSR count). The summed E-state index contributed by atoms with van der Waals surface area (Å²) in [6.07, 6.45) is -2.12. The van der Waals surface area contributed by atoms with Gasteiger partial charge in [-0.15, -0.1) is 0 Å². The van der Waals surface area contributed by atoms with Gasteiger partial charge in [0.1, 0.15) is 17.2 Å². The van der Waals surface area contributed by atoms with Crippen LogP contribution in [0, 0.1) is 5.82 Å². The zero-order chi connectivity index (χ0) is 26.9. The number of carbonyl (C=O) groups excluding carboxylic acids is 1. The van der Waals surface area contributed by atoms with Crippen LogP contribution in [0.5, 0.6) is 0 Å². The summed E-state index contributed by atoms with van der Waals surface area (Å²) in [7, 11) is 0. The number of hydrogen-bond acceptors (Lipinski definition) is 4. The molecule has 1 amide bonds. The summed E-state index contributed by atoms with van der Waals surface area (Å²) in [5.41, 5.74) is -1.42. The standard InChI is InChI=1S/C26H36F4N4O2/c1-24(2,3)31-11-14-34-16-21(18-7-8-20(27)19(15-18)26(28,29)30)32-22(34)17-9-12-33(13-10-17)23(35)36-25(4,5)6/h7-8,15-17,31H,9-14H2,1-6H3. The number of aromatic nitrogens is 2. The van der Waals surface area contributed by atoms with Crippen LogP contribution in [0.3, 0.4) is 0 Å². The first-order chi connectivity index (χ1) is 16.5. The average Bonchev–Trinajstić information content (AvgIpc) is 3.15. The molecule has 6 nitrogen and oxygen atoms in total. The second kappa shape index (κ2) is 10.4. The smallest absolute Gasteiger partial charge is 0.419 e. The third kappa shape index (κ3) is 7.44. The van der Waals surface area contributed by atoms with E-state index in [9.17, 15) is 22.4 Å². The van der Waals surface area contributed by atoms with Gasteiger partial charge < -0.3 is 19.5 Å². The quantitative estimate of drug-likeness (QED) is 0.484. The number of nitrogens with one attached hydrogen (secondary N) is 1. The van der Waals surface area contributed by atoms with Gasteiger partial charge in [0.2, 0.25) is 0 Å². The van der Waals surface area contributed by atoms with E-state index in [4.69, 9.17) is 9.72 Å². The molecule has 36 heavy (non-hydrogen) atoms. The molecule has 0 saturated carbocycles. The van der Waals surface area contributed by atoms with Crippen molar-refractivity contribution < 1.29 is 27.1 Å². The van der Waals surface area contributed by atoms with Gasteiger partial charge in [-0.2, -0.15) is 13.2 Å². The van der Waals surface area contributed by atoms with Gasteiger partial charge in [-0.3, -0.25) is 0 Å². The van der Waals surface area contributed by atoms with E-state index in [-0.39, 0.29) is 23.1 Å². The normalized spacial score (nSPS) is 15.9. The number of ether oxygens (including phenoxy) is 1. The maximum absolute atomic E-state index is 13.8. The van der Waals surface area contributed by atoms with Crippen molar-refractivity contribution in [2.75, 3.05) is 19.6 Å². The molecule has 1 aromatic heterocycles. The van der Waals surface area contributed by atoms with Crippen LogP contribution < -0.4 is 5.32 Å². The van der Waals surface area contributed by atoms with Crippen molar-refractivity contribution in [3.05, 3.63) is 41.6 Å². The van der Waals surface area contributed by atoms with E-state index in [0.29, 0.717) is 44.7 Å². The molecule has 10 heteroatoms. The Balaban J connectivity index is 1.85. The van der Waals surface area contributed by atoms with Crippen molar-refractivity contribution in [2.24, 2.45) is 0 Å². The fourth-order valence-electron chi connectivity index (χ4n) is 4.17. The summed E-state index contributed by atoms with van der Waals surface area (Å²) in [6.45, 7) is 13.8. The molecule has 2 aromatic rings. The largest absolute Gasteiger partial charge is 0.444 e. The van der Waals surface area contributed by atoms with Crippen LogP contribution >= 0.6 is 0 Å². The molecule has 2 heterocycles. The summed E-state index contributed by atoms with van der Waals surface area (Å²) in [4.78, 5) is 18.8. The summed E-state index contributed by atoms with van der Waals surface area (Å²) in [5.74, 6) is -0.535. The van der Waals surface area contributed by atoms with Crippen LogP contribution in [-0.4, -0.2) is 51.3 Å². The molecule has 200 valence electrons. The van der Waals surface area contributed by atoms with Crippen LogP contribution in [0.2, 0.25) is 0 Å². The number of rotatable bonds is 5. The summed E-state index contributed by atoms with van der Waals surface area (Å²) >= 11 is 0. The average molecular weight is 513 g/mol. The van der Waals surface area contributed by atoms with Gasteiger partial charge in [0.05, 0.1) is 11.3 Å². The highest BCUT2D eigenvalue weighted by Crippen LogP contribution is 2.35. The summed E-state index contributed by atoms with van der Waals surface area (Å²) in [5, 5.41) is 3.41. The minimum absolute atomic E-state index is 0.0228. The Hall–Kier alpha value is -2.62. The van der Waals surface area contributed by atoms with Crippen molar-refractivity contribution in [3.63, 3.8) is 0 Å². The van der Waals surface area contributed by atoms with Crippen molar-refractivity contribution in [1.29, 1.82) is 0 Å². The Morgan fingerprint density at radius 1 is 1.11 bits per heavy atom. The van der Waals surface area contributed by atoms with Crippen LogP contribution in [-0.2, 0) is 17.5 Å². The molecule has 0 aliphatic carbocycles. The van der Waals surface area contributed by atoms with Gasteiger partial charge in [0.15, 0.2) is 0 Å². The lowest BCUT2D eigenvalue weighted by Crippen LogP contribution is -2.41. The number of alkyl halides is 3. The van der Waals surface area contributed by atoms with Gasteiger partial charge in [0, 0.05) is 49.4 Å². The molecular weight excluding hydrogens is 476 g/mol. The Morgan fingerprint density at radius 2 is 1.75 bits per heavy atom. The number of hydrogen-bond donors (Lipinski definition) is 1. The molecule has 0 spiro atoms. The lowest BCUT2D eigenvalue weighted by molar-refractivity contribution is -0.139. The lowest BCUT2D eigenvalue weighted by atomic mass is 9.96. The Bertz CT molecular complexity index is 1060. The fraction of sp³-hybridized carbons (Fsp3) is 0.615. The first-order valence-corrected chi connectivity index (χ1v) is 12.2. The van der Waals surface area contributed by atoms with Crippen molar-refractivity contribution in [1.82, 2.24) is 19.8 Å². The molecule has 1 N–H and O–H groups in total. The molecule has 1 saturated heterocycles. The first-order valence-electron chi connectivity index (χ1n) is 12.2. The van der Waals surface area contributed by atoms with Crippen molar-refractivity contribution in [3.8, 4) is 11.3 Å².